The number of carbonyl (C=O) groups is 1. The van der Waals surface area contributed by atoms with Gasteiger partial charge in [0.05, 0.1) is 6.54 Å². The summed E-state index contributed by atoms with van der Waals surface area (Å²) >= 11 is 1.50. The molecule has 18 heavy (non-hydrogen) atoms. The molecule has 0 radical (unpaired) electrons. The van der Waals surface area contributed by atoms with E-state index in [1.807, 2.05) is 25.1 Å². The van der Waals surface area contributed by atoms with Crippen LogP contribution in [0, 0.1) is 6.92 Å². The van der Waals surface area contributed by atoms with E-state index in [9.17, 15) is 4.79 Å². The highest BCUT2D eigenvalue weighted by Gasteiger charge is 2.32. The van der Waals surface area contributed by atoms with Gasteiger partial charge in [0.15, 0.2) is 0 Å². The summed E-state index contributed by atoms with van der Waals surface area (Å²) in [4.78, 5) is 18.7. The van der Waals surface area contributed by atoms with Crippen LogP contribution in [0.3, 0.4) is 0 Å². The number of cyclic esters (lactones) is 1. The summed E-state index contributed by atoms with van der Waals surface area (Å²) in [6, 6.07) is 5.94. The molecule has 5 nitrogen and oxygen atoms in total. The predicted octanol–water partition coefficient (Wildman–Crippen LogP) is 1.89. The highest BCUT2D eigenvalue weighted by Crippen LogP contribution is 2.33. The second-order valence-electron chi connectivity index (χ2n) is 4.28. The zero-order chi connectivity index (χ0) is 12.7. The van der Waals surface area contributed by atoms with E-state index in [0.29, 0.717) is 13.1 Å². The van der Waals surface area contributed by atoms with Gasteiger partial charge in [-0.25, -0.2) is 9.78 Å². The topological polar surface area (TPSA) is 68.4 Å². The van der Waals surface area contributed by atoms with Crippen LogP contribution in [-0.2, 0) is 4.74 Å². The molecule has 1 saturated heterocycles. The number of nitrogens with zero attached hydrogens (tertiary/aromatic N) is 2. The van der Waals surface area contributed by atoms with Crippen LogP contribution in [0.4, 0.5) is 9.80 Å². The van der Waals surface area contributed by atoms with E-state index < -0.39 is 0 Å². The lowest BCUT2D eigenvalue weighted by Gasteiger charge is -2.08. The van der Waals surface area contributed by atoms with Crippen LogP contribution >= 0.6 is 11.3 Å². The van der Waals surface area contributed by atoms with Crippen molar-refractivity contribution in [2.24, 2.45) is 5.73 Å². The highest BCUT2D eigenvalue weighted by atomic mass is 32.1. The maximum atomic E-state index is 11.7. The number of amides is 1. The molecule has 0 aliphatic carbocycles. The maximum absolute atomic E-state index is 11.7. The van der Waals surface area contributed by atoms with Crippen LogP contribution in [0.25, 0.3) is 10.2 Å². The number of anilines is 1. The number of aryl methyl sites for hydroxylation is 1. The summed E-state index contributed by atoms with van der Waals surface area (Å²) in [5.41, 5.74) is 6.49. The van der Waals surface area contributed by atoms with Crippen molar-refractivity contribution in [3.8, 4) is 0 Å². The van der Waals surface area contributed by atoms with E-state index in [1.165, 1.54) is 11.3 Å². The van der Waals surface area contributed by atoms with Crippen molar-refractivity contribution in [1.29, 1.82) is 0 Å². The van der Waals surface area contributed by atoms with E-state index in [1.54, 1.807) is 4.90 Å². The molecular formula is C12H13N3O2S. The molecule has 94 valence electrons. The molecule has 1 aliphatic heterocycles. The minimum absolute atomic E-state index is 0.211. The molecule has 3 heterocycles. The lowest BCUT2D eigenvalue weighted by atomic mass is 10.3. The Labute approximate surface area is 108 Å². The number of aromatic nitrogens is 1. The Morgan fingerprint density at radius 2 is 2.44 bits per heavy atom. The number of thiophene rings is 1. The molecule has 0 aromatic carbocycles. The lowest BCUT2D eigenvalue weighted by Crippen LogP contribution is -2.26. The van der Waals surface area contributed by atoms with Crippen LogP contribution in [0.1, 0.15) is 5.69 Å². The van der Waals surface area contributed by atoms with Crippen LogP contribution in [0.2, 0.25) is 0 Å². The average Bonchev–Trinajstić information content (AvgIpc) is 2.91. The fourth-order valence-electron chi connectivity index (χ4n) is 1.95. The summed E-state index contributed by atoms with van der Waals surface area (Å²) in [6.07, 6.45) is -0.536. The lowest BCUT2D eigenvalue weighted by molar-refractivity contribution is 0.145. The third kappa shape index (κ3) is 1.83. The molecule has 2 aromatic heterocycles. The zero-order valence-electron chi connectivity index (χ0n) is 9.92. The molecule has 0 bridgehead atoms. The van der Waals surface area contributed by atoms with Gasteiger partial charge < -0.3 is 10.5 Å². The highest BCUT2D eigenvalue weighted by molar-refractivity contribution is 7.22. The predicted molar refractivity (Wildman–Crippen MR) is 71.0 cm³/mol. The van der Waals surface area contributed by atoms with Gasteiger partial charge in [-0.15, -0.1) is 0 Å². The minimum atomic E-state index is -0.325. The summed E-state index contributed by atoms with van der Waals surface area (Å²) < 4.78 is 5.15. The van der Waals surface area contributed by atoms with Crippen LogP contribution in [0.5, 0.6) is 0 Å². The largest absolute Gasteiger partial charge is 0.443 e. The number of nitrogens with two attached hydrogens (primary N) is 1. The van der Waals surface area contributed by atoms with Crippen molar-refractivity contribution in [1.82, 2.24) is 4.98 Å². The Balaban J connectivity index is 1.97. The number of fused-ring (bicyclic) bond motifs is 1. The Morgan fingerprint density at radius 1 is 1.61 bits per heavy atom. The van der Waals surface area contributed by atoms with E-state index in [-0.39, 0.29) is 12.2 Å². The van der Waals surface area contributed by atoms with Crippen LogP contribution in [-0.4, -0.2) is 30.3 Å². The number of rotatable bonds is 2. The molecule has 0 unspecified atom stereocenters. The van der Waals surface area contributed by atoms with Gasteiger partial charge in [0.1, 0.15) is 15.9 Å². The van der Waals surface area contributed by atoms with Crippen molar-refractivity contribution in [3.63, 3.8) is 0 Å². The summed E-state index contributed by atoms with van der Waals surface area (Å²) in [5, 5.41) is 1.91. The van der Waals surface area contributed by atoms with Gasteiger partial charge in [-0.2, -0.15) is 0 Å². The molecule has 1 amide bonds. The van der Waals surface area contributed by atoms with Gasteiger partial charge in [-0.05, 0) is 19.1 Å². The van der Waals surface area contributed by atoms with Gasteiger partial charge in [0.25, 0.3) is 0 Å². The first-order valence-electron chi connectivity index (χ1n) is 5.73. The summed E-state index contributed by atoms with van der Waals surface area (Å²) in [5.74, 6) is 0. The molecule has 0 saturated carbocycles. The first kappa shape index (κ1) is 11.4. The van der Waals surface area contributed by atoms with Crippen molar-refractivity contribution >= 4 is 32.6 Å². The molecule has 6 heteroatoms. The Hall–Kier alpha value is -1.66. The van der Waals surface area contributed by atoms with Gasteiger partial charge >= 0.3 is 6.09 Å². The molecule has 2 N–H and O–H groups in total. The summed E-state index contributed by atoms with van der Waals surface area (Å²) in [7, 11) is 0. The fourth-order valence-corrected chi connectivity index (χ4v) is 3.03. The van der Waals surface area contributed by atoms with E-state index in [4.69, 9.17) is 10.5 Å². The molecule has 1 atom stereocenters. The number of hydrogen-bond acceptors (Lipinski definition) is 5. The quantitative estimate of drug-likeness (QED) is 0.898. The maximum Gasteiger partial charge on any atom is 0.415 e. The zero-order valence-corrected chi connectivity index (χ0v) is 10.7. The molecule has 3 rings (SSSR count). The Kier molecular flexibility index (Phi) is 2.68. The van der Waals surface area contributed by atoms with Gasteiger partial charge in [-0.1, -0.05) is 17.4 Å². The molecule has 2 aromatic rings. The van der Waals surface area contributed by atoms with Gasteiger partial charge in [-0.3, -0.25) is 4.90 Å². The van der Waals surface area contributed by atoms with Gasteiger partial charge in [0, 0.05) is 17.6 Å². The normalized spacial score (nSPS) is 19.6. The third-order valence-corrected chi connectivity index (χ3v) is 3.98. The van der Waals surface area contributed by atoms with Crippen molar-refractivity contribution in [3.05, 3.63) is 23.9 Å². The van der Waals surface area contributed by atoms with Crippen molar-refractivity contribution in [2.75, 3.05) is 18.0 Å². The smallest absolute Gasteiger partial charge is 0.415 e. The van der Waals surface area contributed by atoms with E-state index >= 15 is 0 Å². The van der Waals surface area contributed by atoms with Crippen molar-refractivity contribution < 1.29 is 9.53 Å². The Bertz CT molecular complexity index is 610. The number of pyridine rings is 1. The Morgan fingerprint density at radius 3 is 3.17 bits per heavy atom. The second-order valence-corrected chi connectivity index (χ2v) is 5.29. The molecular weight excluding hydrogens is 250 g/mol. The van der Waals surface area contributed by atoms with E-state index in [0.717, 1.165) is 20.9 Å². The van der Waals surface area contributed by atoms with Crippen LogP contribution < -0.4 is 10.6 Å². The van der Waals surface area contributed by atoms with E-state index in [2.05, 4.69) is 4.98 Å². The number of hydrogen-bond donors (Lipinski definition) is 1. The first-order chi connectivity index (χ1) is 8.67. The van der Waals surface area contributed by atoms with Crippen molar-refractivity contribution in [2.45, 2.75) is 13.0 Å². The average molecular weight is 263 g/mol. The first-order valence-corrected chi connectivity index (χ1v) is 6.54. The third-order valence-electron chi connectivity index (χ3n) is 2.91. The molecule has 1 fully saturated rings. The van der Waals surface area contributed by atoms with Crippen LogP contribution in [0.15, 0.2) is 18.2 Å². The minimum Gasteiger partial charge on any atom is -0.443 e. The van der Waals surface area contributed by atoms with Gasteiger partial charge in [0.2, 0.25) is 0 Å². The molecule has 0 spiro atoms. The monoisotopic (exact) mass is 263 g/mol. The summed E-state index contributed by atoms with van der Waals surface area (Å²) in [6.45, 7) is 2.82. The fraction of sp³-hybridized carbons (Fsp3) is 0.333. The number of ether oxygens (including phenoxy) is 1. The number of carbonyl (C=O) groups excluding carboxylic acids is 1. The second kappa shape index (κ2) is 4.22. The standard InChI is InChI=1S/C12H13N3O2S/c1-7-2-3-8-4-10(18-11(8)14-7)15-6-9(5-13)17-12(15)16/h2-4,9H,5-6,13H2,1H3/t9-/m0/s1. The molecule has 1 aliphatic rings. The SMILES string of the molecule is Cc1ccc2cc(N3C[C@H](CN)OC3=O)sc2n1.